The van der Waals surface area contributed by atoms with Crippen molar-refractivity contribution in [3.8, 4) is 0 Å². The molecule has 2 fully saturated rings. The Morgan fingerprint density at radius 3 is 1.00 bits per heavy atom. The minimum atomic E-state index is -1.96. The van der Waals surface area contributed by atoms with Gasteiger partial charge in [0.05, 0.1) is 25.4 Å². The minimum Gasteiger partial charge on any atom is -0.481 e. The summed E-state index contributed by atoms with van der Waals surface area (Å²) >= 11 is 0. The lowest BCUT2D eigenvalue weighted by Crippen LogP contribution is -2.35. The first-order valence-electron chi connectivity index (χ1n) is 33.4. The number of epoxide rings is 2. The topological polar surface area (TPSA) is 300 Å². The molecule has 0 aromatic carbocycles. The number of ether oxygens (including phenoxy) is 5. The number of hydrogen-bond donors (Lipinski definition) is 5. The van der Waals surface area contributed by atoms with Gasteiger partial charge in [-0.15, -0.1) is 0 Å². The Balaban J connectivity index is 0. The third-order valence-electron chi connectivity index (χ3n) is 11.2. The van der Waals surface area contributed by atoms with Gasteiger partial charge in [0, 0.05) is 61.2 Å². The fraction of sp³-hybridized carbons (Fsp3) is 0.841. The predicted octanol–water partition coefficient (Wildman–Crippen LogP) is 9.73. The van der Waals surface area contributed by atoms with Gasteiger partial charge in [-0.1, -0.05) is 96.9 Å². The average molecular weight is 1190 g/mol. The van der Waals surface area contributed by atoms with E-state index in [4.69, 9.17) is 44.9 Å². The Labute approximate surface area is 509 Å². The Bertz CT molecular complexity index is 2370. The number of hydrogen-bond acceptors (Lipinski definition) is 15. The van der Waals surface area contributed by atoms with E-state index in [2.05, 4.69) is 29.8 Å². The van der Waals surface area contributed by atoms with Gasteiger partial charge in [-0.05, 0) is 135 Å². The maximum atomic E-state index is 12.5. The smallest absolute Gasteiger partial charge is 0.338 e. The molecular weight excluding hydrogens is 1070 g/mol. The summed E-state index contributed by atoms with van der Waals surface area (Å²) in [6, 6.07) is 0. The quantitative estimate of drug-likeness (QED) is 0.0227. The fourth-order valence-electron chi connectivity index (χ4n) is 7.37. The van der Waals surface area contributed by atoms with E-state index in [-0.39, 0.29) is 31.8 Å². The second kappa shape index (κ2) is 40.4. The number of Topliss-reactive ketones (excluding diaryl/α,β-unsaturated/α-hetero) is 2. The van der Waals surface area contributed by atoms with Crippen molar-refractivity contribution in [2.45, 2.75) is 251 Å². The summed E-state index contributed by atoms with van der Waals surface area (Å²) in [5.74, 6) is -12.1. The number of carboxylic acid groups (broad SMARTS) is 2. The molecule has 2 aliphatic rings. The van der Waals surface area contributed by atoms with Gasteiger partial charge in [-0.25, -0.2) is 9.59 Å². The monoisotopic (exact) mass is 1190 g/mol. The third kappa shape index (κ3) is 41.6. The van der Waals surface area contributed by atoms with Crippen LogP contribution in [0, 0.1) is 65.1 Å². The van der Waals surface area contributed by atoms with Crippen LogP contribution in [0.25, 0.3) is 0 Å². The number of amides is 3. The normalized spacial score (nSPS) is 19.9. The molecular formula is C63H113N3O17. The van der Waals surface area contributed by atoms with Crippen molar-refractivity contribution in [1.29, 1.82) is 0 Å². The second-order valence-corrected chi connectivity index (χ2v) is 25.2. The summed E-state index contributed by atoms with van der Waals surface area (Å²) in [4.78, 5) is 119. The number of nitrogens with one attached hydrogen (secondary N) is 3. The zero-order valence-corrected chi connectivity index (χ0v) is 54.0. The van der Waals surface area contributed by atoms with Crippen molar-refractivity contribution in [2.24, 2.45) is 65.1 Å². The van der Waals surface area contributed by atoms with Gasteiger partial charge in [0.25, 0.3) is 0 Å². The third-order valence-corrected chi connectivity index (χ3v) is 11.2. The van der Waals surface area contributed by atoms with Gasteiger partial charge in [-0.3, -0.25) is 38.4 Å². The average Bonchev–Trinajstić information content (AvgIpc) is 2.22. The minimum absolute atomic E-state index is 0.191. The van der Waals surface area contributed by atoms with Crippen LogP contribution in [0.3, 0.4) is 0 Å². The molecule has 0 aromatic rings. The highest BCUT2D eigenvalue weighted by molar-refractivity contribution is 5.97. The lowest BCUT2D eigenvalue weighted by molar-refractivity contribution is -0.160. The van der Waals surface area contributed by atoms with Crippen LogP contribution in [0.2, 0.25) is 0 Å². The molecule has 2 rings (SSSR count). The molecule has 83 heavy (non-hydrogen) atoms. The number of ketones is 2. The van der Waals surface area contributed by atoms with Crippen molar-refractivity contribution in [3.05, 3.63) is 0 Å². The number of rotatable bonds is 34. The molecule has 0 aromatic heterocycles. The Morgan fingerprint density at radius 2 is 0.735 bits per heavy atom. The molecule has 2 heterocycles. The Kier molecular flexibility index (Phi) is 31.9. The van der Waals surface area contributed by atoms with E-state index in [0.29, 0.717) is 37.4 Å². The highest BCUT2D eigenvalue weighted by Crippen LogP contribution is 2.30. The standard InChI is InChI=1S/C18H31NO5.C17H33NO3.C16H27NO5.C12H22O4/c1-6-23-18(22)16-15(24-16)14(20)10-13(9-12(4)5)17(21)19-8-7-11(2)3;1-12(2)8-9-18-16(20)14(10-13(3)4)11-15(19)21-17(5,6)7;1-9(2)5-6-17-15(19)11(7-10(3)4)8-12(18)13-14(22-13)16(20)21;1-8(2)6-9(11(14)15)7-10(13)16-12(3,4)5/h11-13,15-16H,6-10H2,1-5H3,(H,19,21);12-14H,8-11H2,1-7H3,(H,18,20);9-11,13-14H,5-8H2,1-4H3,(H,17,19)(H,20,21);8-9H,6-7H2,1-5H3,(H,14,15)/t13-,15-,16+;14-;11-,13-,14+;9-/m1111/s1/i9D2;10D2;7D2;6D2. The summed E-state index contributed by atoms with van der Waals surface area (Å²) < 4.78 is 89.8. The van der Waals surface area contributed by atoms with Gasteiger partial charge in [0.15, 0.2) is 36.0 Å². The molecule has 20 heteroatoms. The van der Waals surface area contributed by atoms with Crippen molar-refractivity contribution >= 4 is 59.1 Å². The van der Waals surface area contributed by atoms with Crippen LogP contribution >= 0.6 is 0 Å². The van der Waals surface area contributed by atoms with Gasteiger partial charge in [0.2, 0.25) is 17.7 Å². The van der Waals surface area contributed by atoms with Crippen molar-refractivity contribution < 1.29 is 92.8 Å². The summed E-state index contributed by atoms with van der Waals surface area (Å²) in [7, 11) is 0. The number of carboxylic acids is 2. The molecule has 0 bridgehead atoms. The lowest BCUT2D eigenvalue weighted by Gasteiger charge is -2.23. The first kappa shape index (κ1) is 65.6. The van der Waals surface area contributed by atoms with Gasteiger partial charge >= 0.3 is 29.8 Å². The molecule has 0 saturated carbocycles. The first-order chi connectivity index (χ1) is 41.1. The molecule has 5 N–H and O–H groups in total. The van der Waals surface area contributed by atoms with E-state index in [1.54, 1.807) is 104 Å². The zero-order chi connectivity index (χ0) is 71.9. The van der Waals surface area contributed by atoms with Crippen LogP contribution in [-0.2, 0) is 71.6 Å². The molecule has 0 aliphatic carbocycles. The highest BCUT2D eigenvalue weighted by atomic mass is 16.6. The summed E-state index contributed by atoms with van der Waals surface area (Å²) in [5.41, 5.74) is -1.36. The molecule has 2 aliphatic heterocycles. The largest absolute Gasteiger partial charge is 0.481 e. The Hall–Kier alpha value is -4.98. The fourth-order valence-corrected chi connectivity index (χ4v) is 7.37. The van der Waals surface area contributed by atoms with E-state index in [1.807, 2.05) is 27.7 Å². The molecule has 482 valence electrons. The van der Waals surface area contributed by atoms with E-state index >= 15 is 0 Å². The van der Waals surface area contributed by atoms with E-state index in [9.17, 15) is 47.9 Å². The molecule has 3 amide bonds. The van der Waals surface area contributed by atoms with Crippen LogP contribution in [0.15, 0.2) is 0 Å². The number of aliphatic carboxylic acids is 2. The second-order valence-electron chi connectivity index (χ2n) is 25.2. The SMILES string of the molecule is [2H]C([2H])(C(C)C)[C@H](CC(=O)OC(C)(C)C)C(=O)NCCC(C)C.[2H]C([2H])(C(C)C)[C@H](CC(=O)OC(C)(C)C)C(=O)O.[2H]C([2H])(C(C)C)[C@H](CC(=O)[C@H]1O[C@@H]1C(=O)O)C(=O)NCCC(C)C.[2H]C([2H])(C(C)C)[C@H](CC(=O)[C@H]1O[C@@H]1C(=O)OCC)C(=O)NCCC(C)C. The van der Waals surface area contributed by atoms with Crippen LogP contribution in [0.5, 0.6) is 0 Å². The summed E-state index contributed by atoms with van der Waals surface area (Å²) in [5, 5.41) is 26.0. The van der Waals surface area contributed by atoms with Gasteiger partial charge < -0.3 is 49.8 Å². The summed E-state index contributed by atoms with van der Waals surface area (Å²) in [6.07, 6.45) is -10.6. The summed E-state index contributed by atoms with van der Waals surface area (Å²) in [6.45, 7) is 38.9. The number of carbonyl (C=O) groups is 10. The Morgan fingerprint density at radius 1 is 0.446 bits per heavy atom. The molecule has 20 nitrogen and oxygen atoms in total. The molecule has 2 saturated heterocycles. The highest BCUT2D eigenvalue weighted by Gasteiger charge is 2.52. The van der Waals surface area contributed by atoms with Gasteiger partial charge in [0.1, 0.15) is 11.2 Å². The number of esters is 3. The van der Waals surface area contributed by atoms with Crippen LogP contribution in [-0.4, -0.2) is 131 Å². The van der Waals surface area contributed by atoms with Gasteiger partial charge in [-0.2, -0.15) is 0 Å². The van der Waals surface area contributed by atoms with Crippen LogP contribution in [0.1, 0.15) is 227 Å². The first-order valence-corrected chi connectivity index (χ1v) is 29.4. The van der Waals surface area contributed by atoms with Crippen molar-refractivity contribution in [3.63, 3.8) is 0 Å². The van der Waals surface area contributed by atoms with Crippen molar-refractivity contribution in [1.82, 2.24) is 16.0 Å². The predicted molar refractivity (Wildman–Crippen MR) is 319 cm³/mol. The molecule has 0 radical (unpaired) electrons. The van der Waals surface area contributed by atoms with Crippen LogP contribution in [0.4, 0.5) is 0 Å². The maximum absolute atomic E-state index is 12.5. The molecule has 0 unspecified atom stereocenters. The van der Waals surface area contributed by atoms with E-state index in [0.717, 1.165) is 19.3 Å². The molecule has 0 spiro atoms. The zero-order valence-electron chi connectivity index (χ0n) is 62.0. The molecule has 8 atom stereocenters. The van der Waals surface area contributed by atoms with Crippen LogP contribution < -0.4 is 16.0 Å². The number of carbonyl (C=O) groups excluding carboxylic acids is 8. The maximum Gasteiger partial charge on any atom is 0.338 e. The van der Waals surface area contributed by atoms with E-state index in [1.165, 1.54) is 0 Å². The van der Waals surface area contributed by atoms with Crippen molar-refractivity contribution in [2.75, 3.05) is 26.2 Å². The van der Waals surface area contributed by atoms with E-state index < -0.39 is 168 Å². The lowest BCUT2D eigenvalue weighted by atomic mass is 9.90.